The molecule has 0 amide bonds. The molecule has 0 aliphatic carbocycles. The largest absolute Gasteiger partial charge is 0.357 e. The molecule has 6 nitrogen and oxygen atoms in total. The van der Waals surface area contributed by atoms with E-state index in [4.69, 9.17) is 4.52 Å². The average Bonchev–Trinajstić information content (AvgIpc) is 2.85. The zero-order chi connectivity index (χ0) is 15.0. The first-order valence-electron chi connectivity index (χ1n) is 7.37. The zero-order valence-corrected chi connectivity index (χ0v) is 13.2. The van der Waals surface area contributed by atoms with E-state index in [1.54, 1.807) is 0 Å². The van der Waals surface area contributed by atoms with E-state index in [0.29, 0.717) is 24.1 Å². The minimum Gasteiger partial charge on any atom is -0.357 e. The lowest BCUT2D eigenvalue weighted by Gasteiger charge is -2.10. The second-order valence-electron chi connectivity index (χ2n) is 5.49. The molecule has 0 fully saturated rings. The van der Waals surface area contributed by atoms with Gasteiger partial charge in [0.2, 0.25) is 5.89 Å². The van der Waals surface area contributed by atoms with Crippen LogP contribution in [0.4, 0.5) is 0 Å². The quantitative estimate of drug-likeness (QED) is 0.590. The third-order valence-corrected chi connectivity index (χ3v) is 2.59. The number of nitrogens with one attached hydrogen (secondary N) is 2. The highest BCUT2D eigenvalue weighted by molar-refractivity contribution is 5.79. The maximum Gasteiger partial charge on any atom is 0.228 e. The number of hydrogen-bond acceptors (Lipinski definition) is 4. The van der Waals surface area contributed by atoms with Crippen molar-refractivity contribution in [2.24, 2.45) is 10.9 Å². The molecule has 114 valence electrons. The lowest BCUT2D eigenvalue weighted by atomic mass is 10.2. The summed E-state index contributed by atoms with van der Waals surface area (Å²) < 4.78 is 5.20. The summed E-state index contributed by atoms with van der Waals surface area (Å²) in [5.41, 5.74) is 0. The van der Waals surface area contributed by atoms with E-state index in [9.17, 15) is 0 Å². The van der Waals surface area contributed by atoms with Gasteiger partial charge >= 0.3 is 0 Å². The van der Waals surface area contributed by atoms with Crippen molar-refractivity contribution in [3.05, 3.63) is 11.7 Å². The normalized spacial score (nSPS) is 12.2. The third kappa shape index (κ3) is 6.04. The van der Waals surface area contributed by atoms with Crippen molar-refractivity contribution in [3.8, 4) is 0 Å². The summed E-state index contributed by atoms with van der Waals surface area (Å²) >= 11 is 0. The van der Waals surface area contributed by atoms with Crippen LogP contribution in [0.5, 0.6) is 0 Å². The van der Waals surface area contributed by atoms with Crippen molar-refractivity contribution in [3.63, 3.8) is 0 Å². The predicted molar refractivity (Wildman–Crippen MR) is 80.9 cm³/mol. The van der Waals surface area contributed by atoms with E-state index >= 15 is 0 Å². The Morgan fingerprint density at radius 2 is 2.00 bits per heavy atom. The highest BCUT2D eigenvalue weighted by Crippen LogP contribution is 2.09. The average molecular weight is 281 g/mol. The molecule has 1 aromatic rings. The summed E-state index contributed by atoms with van der Waals surface area (Å²) in [5, 5.41) is 10.4. The molecule has 0 saturated carbocycles. The first-order valence-corrected chi connectivity index (χ1v) is 7.37. The van der Waals surface area contributed by atoms with E-state index in [1.807, 2.05) is 0 Å². The molecular formula is C14H27N5O. The van der Waals surface area contributed by atoms with Crippen LogP contribution in [-0.4, -0.2) is 35.7 Å². The van der Waals surface area contributed by atoms with E-state index < -0.39 is 0 Å². The summed E-state index contributed by atoms with van der Waals surface area (Å²) in [4.78, 5) is 8.85. The fourth-order valence-corrected chi connectivity index (χ4v) is 1.51. The minimum atomic E-state index is 0.297. The highest BCUT2D eigenvalue weighted by Gasteiger charge is 2.09. The number of guanidine groups is 1. The number of aliphatic imine (C=N–C) groups is 1. The number of aromatic nitrogens is 2. The Kier molecular flexibility index (Phi) is 7.04. The smallest absolute Gasteiger partial charge is 0.228 e. The predicted octanol–water partition coefficient (Wildman–Crippen LogP) is 1.95. The Bertz CT molecular complexity index is 411. The van der Waals surface area contributed by atoms with Crippen molar-refractivity contribution in [1.29, 1.82) is 0 Å². The maximum atomic E-state index is 5.20. The van der Waals surface area contributed by atoms with Gasteiger partial charge in [-0.05, 0) is 12.8 Å². The summed E-state index contributed by atoms with van der Waals surface area (Å²) in [7, 11) is 0. The van der Waals surface area contributed by atoms with Crippen molar-refractivity contribution in [2.75, 3.05) is 19.6 Å². The molecule has 0 radical (unpaired) electrons. The van der Waals surface area contributed by atoms with Gasteiger partial charge in [0.25, 0.3) is 0 Å². The van der Waals surface area contributed by atoms with Gasteiger partial charge in [-0.3, -0.25) is 4.99 Å². The van der Waals surface area contributed by atoms with Gasteiger partial charge in [0.15, 0.2) is 11.8 Å². The molecule has 1 heterocycles. The van der Waals surface area contributed by atoms with E-state index in [-0.39, 0.29) is 0 Å². The molecule has 1 aromatic heterocycles. The first-order chi connectivity index (χ1) is 9.52. The first kappa shape index (κ1) is 16.5. The summed E-state index contributed by atoms with van der Waals surface area (Å²) in [6.45, 7) is 12.8. The molecule has 0 atom stereocenters. The SMILES string of the molecule is CCNC(=NCC(C)C)NCCc1nc(C(C)C)no1. The van der Waals surface area contributed by atoms with Crippen LogP contribution in [0.3, 0.4) is 0 Å². The molecule has 0 unspecified atom stereocenters. The molecule has 0 saturated heterocycles. The van der Waals surface area contributed by atoms with Crippen molar-refractivity contribution < 1.29 is 4.52 Å². The second kappa shape index (κ2) is 8.55. The Balaban J connectivity index is 2.41. The Morgan fingerprint density at radius 1 is 1.25 bits per heavy atom. The Labute approximate surface area is 121 Å². The maximum absolute atomic E-state index is 5.20. The Hall–Kier alpha value is -1.59. The van der Waals surface area contributed by atoms with Crippen LogP contribution in [0, 0.1) is 5.92 Å². The van der Waals surface area contributed by atoms with Crippen LogP contribution in [0.1, 0.15) is 52.3 Å². The number of rotatable bonds is 7. The van der Waals surface area contributed by atoms with Gasteiger partial charge in [0.1, 0.15) is 0 Å². The second-order valence-corrected chi connectivity index (χ2v) is 5.49. The third-order valence-electron chi connectivity index (χ3n) is 2.59. The van der Waals surface area contributed by atoms with Crippen molar-refractivity contribution >= 4 is 5.96 Å². The topological polar surface area (TPSA) is 75.3 Å². The summed E-state index contributed by atoms with van der Waals surface area (Å²) in [5.74, 6) is 3.12. The molecule has 0 aromatic carbocycles. The number of hydrogen-bond donors (Lipinski definition) is 2. The fourth-order valence-electron chi connectivity index (χ4n) is 1.51. The van der Waals surface area contributed by atoms with Crippen LogP contribution in [-0.2, 0) is 6.42 Å². The van der Waals surface area contributed by atoms with Gasteiger partial charge in [0.05, 0.1) is 0 Å². The Morgan fingerprint density at radius 3 is 2.55 bits per heavy atom. The van der Waals surface area contributed by atoms with Crippen LogP contribution in [0.15, 0.2) is 9.52 Å². The van der Waals surface area contributed by atoms with Crippen LogP contribution in [0.2, 0.25) is 0 Å². The van der Waals surface area contributed by atoms with E-state index in [1.165, 1.54) is 0 Å². The van der Waals surface area contributed by atoms with Gasteiger partial charge < -0.3 is 15.2 Å². The molecular weight excluding hydrogens is 254 g/mol. The standard InChI is InChI=1S/C14H27N5O/c1-6-15-14(17-9-10(2)3)16-8-7-12-18-13(11(4)5)19-20-12/h10-11H,6-9H2,1-5H3,(H2,15,16,17). The van der Waals surface area contributed by atoms with Crippen LogP contribution >= 0.6 is 0 Å². The number of nitrogens with zero attached hydrogens (tertiary/aromatic N) is 3. The van der Waals surface area contributed by atoms with Gasteiger partial charge in [-0.2, -0.15) is 4.98 Å². The van der Waals surface area contributed by atoms with Crippen molar-refractivity contribution in [2.45, 2.75) is 47.0 Å². The summed E-state index contributed by atoms with van der Waals surface area (Å²) in [6, 6.07) is 0. The van der Waals surface area contributed by atoms with Crippen LogP contribution in [0.25, 0.3) is 0 Å². The molecule has 0 aliphatic heterocycles. The lowest BCUT2D eigenvalue weighted by Crippen LogP contribution is -2.38. The fraction of sp³-hybridized carbons (Fsp3) is 0.786. The monoisotopic (exact) mass is 281 g/mol. The molecule has 1 rings (SSSR count). The molecule has 20 heavy (non-hydrogen) atoms. The molecule has 0 aliphatic rings. The van der Waals surface area contributed by atoms with Crippen LogP contribution < -0.4 is 10.6 Å². The van der Waals surface area contributed by atoms with Crippen molar-refractivity contribution in [1.82, 2.24) is 20.8 Å². The molecule has 0 bridgehead atoms. The zero-order valence-electron chi connectivity index (χ0n) is 13.2. The summed E-state index contributed by atoms with van der Waals surface area (Å²) in [6.07, 6.45) is 0.700. The molecule has 0 spiro atoms. The lowest BCUT2D eigenvalue weighted by molar-refractivity contribution is 0.371. The van der Waals surface area contributed by atoms with Gasteiger partial charge in [-0.1, -0.05) is 32.9 Å². The van der Waals surface area contributed by atoms with Gasteiger partial charge in [-0.25, -0.2) is 0 Å². The van der Waals surface area contributed by atoms with E-state index in [0.717, 1.165) is 31.4 Å². The van der Waals surface area contributed by atoms with Gasteiger partial charge in [0, 0.05) is 32.0 Å². The van der Waals surface area contributed by atoms with Gasteiger partial charge in [-0.15, -0.1) is 0 Å². The highest BCUT2D eigenvalue weighted by atomic mass is 16.5. The minimum absolute atomic E-state index is 0.297. The molecule has 6 heteroatoms. The molecule has 2 N–H and O–H groups in total. The van der Waals surface area contributed by atoms with E-state index in [2.05, 4.69) is 60.4 Å².